The SMILES string of the molecule is Cc1ccc(N(C=C2CC(=CN(c3ccc(C)cc3)S(=O)(=O)c3ccc(C)cc3)CC(=CN(c3ccc(C)cc3)S(=O)(=O)c3ccc(C)cc3)C2)S(=O)(=O)c2ccc(C)cc2)cc1. The first-order valence-electron chi connectivity index (χ1n) is 20.5. The standard InChI is InChI=1S/C51H51N3O6S3/c1-37-7-19-46(20-8-37)52(61(55,56)49-25-13-40(4)14-26-49)34-43-31-44(35-53(47-21-9-38(2)10-22-47)62(57,58)50-27-15-41(5)16-28-50)33-45(32-43)36-54(48-23-11-39(3)12-24-48)63(59,60)51-29-17-42(6)18-30-51/h7-30,34-36H,31-33H2,1-6H3. The molecule has 1 aliphatic rings. The third-order valence-corrected chi connectivity index (χ3v) is 16.0. The number of rotatable bonds is 12. The van der Waals surface area contributed by atoms with Crippen LogP contribution in [0.2, 0.25) is 0 Å². The van der Waals surface area contributed by atoms with E-state index in [1.165, 1.54) is 12.9 Å². The summed E-state index contributed by atoms with van der Waals surface area (Å²) in [6.45, 7) is 11.4. The number of aryl methyl sites for hydroxylation is 6. The Morgan fingerprint density at radius 1 is 0.302 bits per heavy atom. The summed E-state index contributed by atoms with van der Waals surface area (Å²) in [4.78, 5) is 0.284. The highest BCUT2D eigenvalue weighted by atomic mass is 32.2. The molecule has 0 amide bonds. The molecule has 63 heavy (non-hydrogen) atoms. The number of benzene rings is 6. The van der Waals surface area contributed by atoms with E-state index >= 15 is 0 Å². The first kappa shape index (κ1) is 44.8. The monoisotopic (exact) mass is 897 g/mol. The summed E-state index contributed by atoms with van der Waals surface area (Å²) in [7, 11) is -12.5. The van der Waals surface area contributed by atoms with E-state index in [9.17, 15) is 25.3 Å². The second-order valence-electron chi connectivity index (χ2n) is 16.2. The summed E-state index contributed by atoms with van der Waals surface area (Å²) in [6.07, 6.45) is 5.33. The maximum Gasteiger partial charge on any atom is 0.268 e. The van der Waals surface area contributed by atoms with Crippen LogP contribution in [0.4, 0.5) is 17.1 Å². The van der Waals surface area contributed by atoms with Crippen LogP contribution in [0.1, 0.15) is 52.6 Å². The number of anilines is 3. The minimum Gasteiger partial charge on any atom is -0.242 e. The molecule has 0 aliphatic heterocycles. The van der Waals surface area contributed by atoms with E-state index in [0.717, 1.165) is 33.4 Å². The van der Waals surface area contributed by atoms with Crippen molar-refractivity contribution >= 4 is 47.1 Å². The van der Waals surface area contributed by atoms with Gasteiger partial charge < -0.3 is 0 Å². The Balaban J connectivity index is 1.45. The smallest absolute Gasteiger partial charge is 0.242 e. The molecule has 7 rings (SSSR count). The van der Waals surface area contributed by atoms with Crippen molar-refractivity contribution < 1.29 is 25.3 Å². The molecule has 1 fully saturated rings. The van der Waals surface area contributed by atoms with Crippen LogP contribution in [-0.2, 0) is 30.1 Å². The summed E-state index contributed by atoms with van der Waals surface area (Å²) in [5, 5.41) is 0. The molecule has 1 aliphatic carbocycles. The fraction of sp³-hybridized carbons (Fsp3) is 0.176. The van der Waals surface area contributed by atoms with Gasteiger partial charge in [0.2, 0.25) is 0 Å². The molecule has 0 N–H and O–H groups in total. The molecule has 6 aromatic rings. The molecule has 0 atom stereocenters. The van der Waals surface area contributed by atoms with Crippen molar-refractivity contribution in [2.24, 2.45) is 0 Å². The second-order valence-corrected chi connectivity index (χ2v) is 21.7. The minimum absolute atomic E-state index is 0.0948. The van der Waals surface area contributed by atoms with Gasteiger partial charge in [-0.25, -0.2) is 38.2 Å². The van der Waals surface area contributed by atoms with Gasteiger partial charge in [-0.3, -0.25) is 0 Å². The summed E-state index contributed by atoms with van der Waals surface area (Å²) in [5.41, 5.74) is 8.62. The van der Waals surface area contributed by atoms with Crippen molar-refractivity contribution in [2.45, 2.75) is 75.5 Å². The van der Waals surface area contributed by atoms with Crippen LogP contribution in [0.5, 0.6) is 0 Å². The van der Waals surface area contributed by atoms with Gasteiger partial charge in [0.15, 0.2) is 0 Å². The molecular formula is C51H51N3O6S3. The Hall–Kier alpha value is -6.21. The number of sulfonamides is 3. The topological polar surface area (TPSA) is 112 Å². The van der Waals surface area contributed by atoms with Gasteiger partial charge in [-0.15, -0.1) is 0 Å². The van der Waals surface area contributed by atoms with Crippen LogP contribution in [0.15, 0.2) is 196 Å². The molecule has 324 valence electrons. The predicted octanol–water partition coefficient (Wildman–Crippen LogP) is 11.4. The van der Waals surface area contributed by atoms with Crippen LogP contribution in [0, 0.1) is 41.5 Å². The molecule has 0 radical (unpaired) electrons. The van der Waals surface area contributed by atoms with Crippen molar-refractivity contribution in [3.63, 3.8) is 0 Å². The maximum atomic E-state index is 14.6. The Labute approximate surface area is 373 Å². The minimum atomic E-state index is -4.18. The molecule has 0 spiro atoms. The highest BCUT2D eigenvalue weighted by Gasteiger charge is 2.30. The van der Waals surface area contributed by atoms with Crippen molar-refractivity contribution in [2.75, 3.05) is 12.9 Å². The summed E-state index contributed by atoms with van der Waals surface area (Å²) >= 11 is 0. The summed E-state index contributed by atoms with van der Waals surface area (Å²) in [5.74, 6) is 0. The van der Waals surface area contributed by atoms with Crippen LogP contribution in [-0.4, -0.2) is 25.3 Å². The molecule has 0 bridgehead atoms. The van der Waals surface area contributed by atoms with E-state index in [1.54, 1.807) is 128 Å². The van der Waals surface area contributed by atoms with Gasteiger partial charge in [0.25, 0.3) is 30.1 Å². The lowest BCUT2D eigenvalue weighted by atomic mass is 9.87. The summed E-state index contributed by atoms with van der Waals surface area (Å²) < 4.78 is 91.7. The lowest BCUT2D eigenvalue weighted by Gasteiger charge is -2.29. The molecule has 1 saturated carbocycles. The number of nitrogens with zero attached hydrogens (tertiary/aromatic N) is 3. The van der Waals surface area contributed by atoms with E-state index < -0.39 is 30.1 Å². The van der Waals surface area contributed by atoms with E-state index in [-0.39, 0.29) is 33.9 Å². The van der Waals surface area contributed by atoms with Gasteiger partial charge in [-0.1, -0.05) is 106 Å². The average Bonchev–Trinajstić information content (AvgIpc) is 3.25. The Bertz CT molecular complexity index is 2690. The number of hydrogen-bond acceptors (Lipinski definition) is 6. The Kier molecular flexibility index (Phi) is 13.0. The molecule has 0 aromatic heterocycles. The molecule has 9 nitrogen and oxygen atoms in total. The van der Waals surface area contributed by atoms with Gasteiger partial charge in [0, 0.05) is 18.6 Å². The van der Waals surface area contributed by atoms with E-state index in [0.29, 0.717) is 33.8 Å². The van der Waals surface area contributed by atoms with Crippen molar-refractivity contribution in [1.29, 1.82) is 0 Å². The van der Waals surface area contributed by atoms with E-state index in [4.69, 9.17) is 0 Å². The average molecular weight is 898 g/mol. The third kappa shape index (κ3) is 10.2. The predicted molar refractivity (Wildman–Crippen MR) is 254 cm³/mol. The fourth-order valence-electron chi connectivity index (χ4n) is 7.23. The maximum absolute atomic E-state index is 14.6. The molecule has 0 unspecified atom stereocenters. The first-order valence-corrected chi connectivity index (χ1v) is 24.8. The summed E-state index contributed by atoms with van der Waals surface area (Å²) in [6, 6.07) is 41.5. The van der Waals surface area contributed by atoms with Gasteiger partial charge in [-0.2, -0.15) is 0 Å². The molecule has 0 heterocycles. The lowest BCUT2D eigenvalue weighted by molar-refractivity contribution is 0.594. The zero-order valence-electron chi connectivity index (χ0n) is 36.2. The number of allylic oxidation sites excluding steroid dienone is 3. The first-order chi connectivity index (χ1) is 29.9. The third-order valence-electron chi connectivity index (χ3n) is 10.9. The fourth-order valence-corrected chi connectivity index (χ4v) is 11.4. The molecule has 0 saturated heterocycles. The largest absolute Gasteiger partial charge is 0.268 e. The van der Waals surface area contributed by atoms with Gasteiger partial charge in [-0.05, 0) is 150 Å². The van der Waals surface area contributed by atoms with Crippen molar-refractivity contribution in [3.05, 3.63) is 214 Å². The van der Waals surface area contributed by atoms with Gasteiger partial charge in [0.05, 0.1) is 31.7 Å². The number of hydrogen-bond donors (Lipinski definition) is 0. The molecule has 12 heteroatoms. The zero-order valence-corrected chi connectivity index (χ0v) is 38.7. The van der Waals surface area contributed by atoms with Crippen LogP contribution in [0.3, 0.4) is 0 Å². The van der Waals surface area contributed by atoms with Crippen molar-refractivity contribution in [3.8, 4) is 0 Å². The highest BCUT2D eigenvalue weighted by molar-refractivity contribution is 7.93. The van der Waals surface area contributed by atoms with E-state index in [2.05, 4.69) is 0 Å². The highest BCUT2D eigenvalue weighted by Crippen LogP contribution is 2.38. The lowest BCUT2D eigenvalue weighted by Crippen LogP contribution is -2.29. The quantitative estimate of drug-likeness (QED) is 0.121. The van der Waals surface area contributed by atoms with E-state index in [1.807, 2.05) is 77.9 Å². The normalized spacial score (nSPS) is 13.3. The van der Waals surface area contributed by atoms with Crippen LogP contribution in [0.25, 0.3) is 0 Å². The second kappa shape index (κ2) is 18.3. The van der Waals surface area contributed by atoms with Gasteiger partial charge in [0.1, 0.15) is 0 Å². The Morgan fingerprint density at radius 3 is 0.667 bits per heavy atom. The zero-order chi connectivity index (χ0) is 45.1. The van der Waals surface area contributed by atoms with Crippen LogP contribution >= 0.6 is 0 Å². The Morgan fingerprint density at radius 2 is 0.476 bits per heavy atom. The van der Waals surface area contributed by atoms with Crippen molar-refractivity contribution in [1.82, 2.24) is 0 Å². The molecular weight excluding hydrogens is 847 g/mol. The molecule has 6 aromatic carbocycles. The van der Waals surface area contributed by atoms with Gasteiger partial charge >= 0.3 is 0 Å². The van der Waals surface area contributed by atoms with Crippen LogP contribution < -0.4 is 12.9 Å².